The monoisotopic (exact) mass is 452 g/mol. The molecule has 4 rings (SSSR count). The van der Waals surface area contributed by atoms with E-state index in [1.807, 2.05) is 48.5 Å². The number of amides is 2. The maximum Gasteiger partial charge on any atom is 0.244 e. The van der Waals surface area contributed by atoms with Crippen molar-refractivity contribution in [3.63, 3.8) is 0 Å². The molecule has 2 amide bonds. The Kier molecular flexibility index (Phi) is 6.49. The van der Waals surface area contributed by atoms with Gasteiger partial charge in [-0.25, -0.2) is 0 Å². The number of carbonyl (C=O) groups is 2. The molecule has 3 aromatic carbocycles. The van der Waals surface area contributed by atoms with E-state index < -0.39 is 0 Å². The summed E-state index contributed by atoms with van der Waals surface area (Å²) in [6.45, 7) is -0.0712. The highest BCUT2D eigenvalue weighted by Gasteiger charge is 2.30. The molecule has 0 saturated carbocycles. The molecule has 0 saturated heterocycles. The highest BCUT2D eigenvalue weighted by Crippen LogP contribution is 2.45. The van der Waals surface area contributed by atoms with Crippen LogP contribution < -0.4 is 15.0 Å². The van der Waals surface area contributed by atoms with E-state index in [1.165, 1.54) is 0 Å². The number of benzene rings is 3. The summed E-state index contributed by atoms with van der Waals surface area (Å²) in [5, 5.41) is 3.30. The SMILES string of the molecule is COc1ccc(C2CC(=O)N(CC(=O)Nc3cccc(Cl)c3)c3ccccc3S2)cc1. The number of ether oxygens (including phenoxy) is 1. The number of para-hydroxylation sites is 1. The molecule has 1 unspecified atom stereocenters. The van der Waals surface area contributed by atoms with Crippen LogP contribution >= 0.6 is 23.4 Å². The van der Waals surface area contributed by atoms with Crippen LogP contribution in [0.5, 0.6) is 5.75 Å². The topological polar surface area (TPSA) is 58.6 Å². The van der Waals surface area contributed by atoms with Crippen molar-refractivity contribution in [1.82, 2.24) is 0 Å². The average Bonchev–Trinajstić information content (AvgIpc) is 2.90. The molecule has 1 N–H and O–H groups in total. The lowest BCUT2D eigenvalue weighted by Gasteiger charge is -2.22. The number of rotatable bonds is 5. The van der Waals surface area contributed by atoms with Gasteiger partial charge in [0, 0.05) is 27.3 Å². The van der Waals surface area contributed by atoms with Crippen LogP contribution in [0.2, 0.25) is 5.02 Å². The zero-order valence-electron chi connectivity index (χ0n) is 16.9. The molecule has 1 atom stereocenters. The summed E-state index contributed by atoms with van der Waals surface area (Å²) in [5.41, 5.74) is 2.38. The Morgan fingerprint density at radius 1 is 1.13 bits per heavy atom. The minimum absolute atomic E-state index is 0.0550. The van der Waals surface area contributed by atoms with Gasteiger partial charge in [0.05, 0.1) is 12.8 Å². The summed E-state index contributed by atoms with van der Waals surface area (Å²) in [4.78, 5) is 28.4. The zero-order chi connectivity index (χ0) is 21.8. The third kappa shape index (κ3) is 5.03. The van der Waals surface area contributed by atoms with Gasteiger partial charge in [-0.1, -0.05) is 41.9 Å². The van der Waals surface area contributed by atoms with Gasteiger partial charge >= 0.3 is 0 Å². The first-order chi connectivity index (χ1) is 15.0. The molecule has 0 fully saturated rings. The number of anilines is 2. The second kappa shape index (κ2) is 9.45. The van der Waals surface area contributed by atoms with Crippen LogP contribution in [-0.2, 0) is 9.59 Å². The lowest BCUT2D eigenvalue weighted by Crippen LogP contribution is -2.38. The van der Waals surface area contributed by atoms with E-state index in [4.69, 9.17) is 16.3 Å². The van der Waals surface area contributed by atoms with Gasteiger partial charge in [0.25, 0.3) is 0 Å². The smallest absolute Gasteiger partial charge is 0.244 e. The van der Waals surface area contributed by atoms with Crippen LogP contribution in [-0.4, -0.2) is 25.5 Å². The Bertz CT molecular complexity index is 1100. The third-order valence-electron chi connectivity index (χ3n) is 4.98. The van der Waals surface area contributed by atoms with E-state index >= 15 is 0 Å². The van der Waals surface area contributed by atoms with Crippen molar-refractivity contribution in [3.05, 3.63) is 83.4 Å². The van der Waals surface area contributed by atoms with Crippen LogP contribution in [0.3, 0.4) is 0 Å². The third-order valence-corrected chi connectivity index (χ3v) is 6.54. The Balaban J connectivity index is 1.57. The van der Waals surface area contributed by atoms with Crippen LogP contribution in [0, 0.1) is 0 Å². The predicted octanol–water partition coefficient (Wildman–Crippen LogP) is 5.56. The molecular formula is C24H21ClN2O3S. The number of fused-ring (bicyclic) bond motifs is 1. The summed E-state index contributed by atoms with van der Waals surface area (Å²) in [7, 11) is 1.63. The standard InChI is InChI=1S/C24H21ClN2O3S/c1-30-19-11-9-16(10-12-19)22-14-24(29)27(20-7-2-3-8-21(20)31-22)15-23(28)26-18-6-4-5-17(25)13-18/h2-13,22H,14-15H2,1H3,(H,26,28). The molecule has 0 radical (unpaired) electrons. The summed E-state index contributed by atoms with van der Waals surface area (Å²) in [5.74, 6) is 0.395. The molecule has 3 aromatic rings. The molecule has 0 aliphatic carbocycles. The number of thioether (sulfide) groups is 1. The number of hydrogen-bond acceptors (Lipinski definition) is 4. The highest BCUT2D eigenvalue weighted by molar-refractivity contribution is 7.99. The van der Waals surface area contributed by atoms with Crippen molar-refractivity contribution in [3.8, 4) is 5.75 Å². The first-order valence-corrected chi connectivity index (χ1v) is 11.0. The van der Waals surface area contributed by atoms with E-state index in [0.717, 1.165) is 21.9 Å². The zero-order valence-corrected chi connectivity index (χ0v) is 18.5. The van der Waals surface area contributed by atoms with Gasteiger partial charge in [-0.3, -0.25) is 9.59 Å². The highest BCUT2D eigenvalue weighted by atomic mass is 35.5. The Labute approximate surface area is 190 Å². The van der Waals surface area contributed by atoms with E-state index in [0.29, 0.717) is 10.7 Å². The van der Waals surface area contributed by atoms with Crippen molar-refractivity contribution in [1.29, 1.82) is 0 Å². The number of nitrogens with zero attached hydrogens (tertiary/aromatic N) is 1. The quantitative estimate of drug-likeness (QED) is 0.550. The fourth-order valence-electron chi connectivity index (χ4n) is 3.47. The number of nitrogens with one attached hydrogen (secondary N) is 1. The maximum atomic E-state index is 13.2. The second-order valence-corrected chi connectivity index (χ2v) is 8.77. The molecule has 7 heteroatoms. The molecular weight excluding hydrogens is 432 g/mol. The number of hydrogen-bond donors (Lipinski definition) is 1. The molecule has 0 spiro atoms. The van der Waals surface area contributed by atoms with Crippen LogP contribution in [0.15, 0.2) is 77.7 Å². The first kappa shape index (κ1) is 21.3. The van der Waals surface area contributed by atoms with E-state index in [9.17, 15) is 9.59 Å². The number of halogens is 1. The van der Waals surface area contributed by atoms with E-state index in [-0.39, 0.29) is 30.0 Å². The Morgan fingerprint density at radius 2 is 1.90 bits per heavy atom. The van der Waals surface area contributed by atoms with Crippen LogP contribution in [0.25, 0.3) is 0 Å². The second-order valence-electron chi connectivity index (χ2n) is 7.09. The van der Waals surface area contributed by atoms with Gasteiger partial charge in [0.2, 0.25) is 11.8 Å². The average molecular weight is 453 g/mol. The van der Waals surface area contributed by atoms with Crippen molar-refractivity contribution >= 4 is 46.6 Å². The minimum Gasteiger partial charge on any atom is -0.497 e. The van der Waals surface area contributed by atoms with Crippen molar-refractivity contribution < 1.29 is 14.3 Å². The summed E-state index contributed by atoms with van der Waals surface area (Å²) in [6.07, 6.45) is 0.288. The van der Waals surface area contributed by atoms with Crippen LogP contribution in [0.1, 0.15) is 17.2 Å². The summed E-state index contributed by atoms with van der Waals surface area (Å²) < 4.78 is 5.24. The lowest BCUT2D eigenvalue weighted by atomic mass is 10.1. The maximum absolute atomic E-state index is 13.2. The molecule has 31 heavy (non-hydrogen) atoms. The molecule has 0 bridgehead atoms. The molecule has 5 nitrogen and oxygen atoms in total. The normalized spacial score (nSPS) is 15.7. The molecule has 0 aromatic heterocycles. The van der Waals surface area contributed by atoms with E-state index in [1.54, 1.807) is 48.0 Å². The van der Waals surface area contributed by atoms with Crippen molar-refractivity contribution in [2.24, 2.45) is 0 Å². The van der Waals surface area contributed by atoms with Gasteiger partial charge in [-0.05, 0) is 48.0 Å². The van der Waals surface area contributed by atoms with Gasteiger partial charge in [-0.15, -0.1) is 11.8 Å². The van der Waals surface area contributed by atoms with Crippen molar-refractivity contribution in [2.45, 2.75) is 16.6 Å². The Hall–Kier alpha value is -2.96. The van der Waals surface area contributed by atoms with Crippen LogP contribution in [0.4, 0.5) is 11.4 Å². The lowest BCUT2D eigenvalue weighted by molar-refractivity contribution is -0.121. The first-order valence-electron chi connectivity index (χ1n) is 9.79. The summed E-state index contributed by atoms with van der Waals surface area (Å²) >= 11 is 7.63. The molecule has 1 aliphatic rings. The van der Waals surface area contributed by atoms with Gasteiger partial charge < -0.3 is 15.0 Å². The van der Waals surface area contributed by atoms with E-state index in [2.05, 4.69) is 5.32 Å². The van der Waals surface area contributed by atoms with Gasteiger partial charge in [0.1, 0.15) is 12.3 Å². The number of methoxy groups -OCH3 is 1. The molecule has 1 aliphatic heterocycles. The largest absolute Gasteiger partial charge is 0.497 e. The molecule has 158 valence electrons. The predicted molar refractivity (Wildman–Crippen MR) is 125 cm³/mol. The summed E-state index contributed by atoms with van der Waals surface area (Å²) in [6, 6.07) is 22.4. The fraction of sp³-hybridized carbons (Fsp3) is 0.167. The van der Waals surface area contributed by atoms with Crippen molar-refractivity contribution in [2.75, 3.05) is 23.9 Å². The Morgan fingerprint density at radius 3 is 2.65 bits per heavy atom. The fourth-order valence-corrected chi connectivity index (χ4v) is 4.94. The van der Waals surface area contributed by atoms with Gasteiger partial charge in [0.15, 0.2) is 0 Å². The number of carbonyl (C=O) groups excluding carboxylic acids is 2. The molecule has 1 heterocycles. The van der Waals surface area contributed by atoms with Gasteiger partial charge in [-0.2, -0.15) is 0 Å². The minimum atomic E-state index is -0.279.